The third kappa shape index (κ3) is 11.1. The number of methoxy groups -OCH3 is 1. The Morgan fingerprint density at radius 2 is 1.73 bits per heavy atom. The lowest BCUT2D eigenvalue weighted by Gasteiger charge is -2.29. The van der Waals surface area contributed by atoms with Crippen molar-refractivity contribution in [3.05, 3.63) is 71.3 Å². The second-order valence-electron chi connectivity index (χ2n) is 23.5. The summed E-state index contributed by atoms with van der Waals surface area (Å²) in [5, 5.41) is 25.7. The molecule has 11 rings (SSSR count). The maximum absolute atomic E-state index is 16.9. The Morgan fingerprint density at radius 1 is 0.938 bits per heavy atom. The number of carbonyl (C=O) groups is 3. The Balaban J connectivity index is 0.995. The summed E-state index contributed by atoms with van der Waals surface area (Å²) in [6.45, 7) is 13.7. The van der Waals surface area contributed by atoms with Crippen molar-refractivity contribution < 1.29 is 52.3 Å². The second-order valence-corrected chi connectivity index (χ2v) is 23.5. The van der Waals surface area contributed by atoms with E-state index in [0.717, 1.165) is 78.0 Å². The number of esters is 1. The van der Waals surface area contributed by atoms with Crippen LogP contribution < -0.4 is 14.4 Å². The Hall–Kier alpha value is -6.97. The van der Waals surface area contributed by atoms with Gasteiger partial charge in [-0.15, -0.1) is 5.10 Å². The summed E-state index contributed by atoms with van der Waals surface area (Å²) in [4.78, 5) is 55.7. The van der Waals surface area contributed by atoms with Crippen LogP contribution in [0.5, 0.6) is 11.8 Å². The number of ether oxygens (including phenoxy) is 6. The van der Waals surface area contributed by atoms with Gasteiger partial charge in [0.1, 0.15) is 53.7 Å². The SMILES string of the molecule is COC(=O)[C@@H]1C[C@@H](O)CN1C(=O)[C@H](C(C)C)n1cc(-c2ccc(COc3c(-c4c(C)c(F)cc5c4cnn5C4CCCCO4)c(C4CC4)cc4c(N(C)[C@H]5CCN(C(=O)OC(C)(C)C)C5)nc(OC[C@@H]5CCCO5)nc34)cc2)nn1. The van der Waals surface area contributed by atoms with Crippen LogP contribution in [0.25, 0.3) is 44.2 Å². The second kappa shape index (κ2) is 22.5. The van der Waals surface area contributed by atoms with Gasteiger partial charge in [-0.05, 0) is 114 Å². The quantitative estimate of drug-likeness (QED) is 0.0897. The number of aromatic nitrogens is 7. The van der Waals surface area contributed by atoms with Gasteiger partial charge in [0.15, 0.2) is 12.0 Å². The molecule has 7 heterocycles. The lowest BCUT2D eigenvalue weighted by molar-refractivity contribution is -0.152. The highest BCUT2D eigenvalue weighted by atomic mass is 19.1. The molecule has 426 valence electrons. The highest BCUT2D eigenvalue weighted by molar-refractivity contribution is 6.06. The first kappa shape index (κ1) is 55.0. The average molecular weight is 1100 g/mol. The Labute approximate surface area is 464 Å². The number of aliphatic hydroxyl groups excluding tert-OH is 1. The summed E-state index contributed by atoms with van der Waals surface area (Å²) in [7, 11) is 3.26. The maximum Gasteiger partial charge on any atom is 0.410 e. The molecule has 1 unspecified atom stereocenters. The number of halogens is 1. The molecule has 0 bridgehead atoms. The summed E-state index contributed by atoms with van der Waals surface area (Å²) in [5.41, 5.74) is 5.35. The molecule has 1 saturated carbocycles. The van der Waals surface area contributed by atoms with E-state index in [2.05, 4.69) is 21.3 Å². The minimum Gasteiger partial charge on any atom is -0.486 e. The molecule has 80 heavy (non-hydrogen) atoms. The van der Waals surface area contributed by atoms with Crippen LogP contribution in [0.4, 0.5) is 15.0 Å². The zero-order valence-corrected chi connectivity index (χ0v) is 47.0. The fourth-order valence-electron chi connectivity index (χ4n) is 11.8. The van der Waals surface area contributed by atoms with E-state index in [1.54, 1.807) is 24.1 Å². The van der Waals surface area contributed by atoms with E-state index in [0.29, 0.717) is 72.1 Å². The summed E-state index contributed by atoms with van der Waals surface area (Å²) in [6.07, 6.45) is 8.92. The maximum atomic E-state index is 16.9. The van der Waals surface area contributed by atoms with Crippen LogP contribution in [-0.4, -0.2) is 151 Å². The lowest BCUT2D eigenvalue weighted by Crippen LogP contribution is -2.46. The van der Waals surface area contributed by atoms with Crippen LogP contribution in [0.15, 0.2) is 48.8 Å². The van der Waals surface area contributed by atoms with Gasteiger partial charge in [-0.2, -0.15) is 15.1 Å². The number of carbonyl (C=O) groups excluding carboxylic acids is 3. The zero-order valence-electron chi connectivity index (χ0n) is 47.0. The fraction of sp³-hybridized carbons (Fsp3) is 0.559. The number of aliphatic hydroxyl groups is 1. The molecular weight excluding hydrogens is 1030 g/mol. The molecule has 3 aromatic heterocycles. The first-order valence-electron chi connectivity index (χ1n) is 28.3. The van der Waals surface area contributed by atoms with E-state index in [9.17, 15) is 19.5 Å². The summed E-state index contributed by atoms with van der Waals surface area (Å²) >= 11 is 0. The number of β-amino-alcohol motifs (C(OH)–C–C–N with tert-alkyl or cyclic N) is 1. The Bertz CT molecular complexity index is 3270. The van der Waals surface area contributed by atoms with Crippen molar-refractivity contribution in [1.29, 1.82) is 0 Å². The molecule has 20 nitrogen and oxygen atoms in total. The highest BCUT2D eigenvalue weighted by Crippen LogP contribution is 2.54. The molecule has 5 aliphatic rings. The van der Waals surface area contributed by atoms with Gasteiger partial charge >= 0.3 is 18.1 Å². The monoisotopic (exact) mass is 1100 g/mol. The van der Waals surface area contributed by atoms with Gasteiger partial charge in [0.2, 0.25) is 5.91 Å². The number of nitrogens with zero attached hydrogens (tertiary/aromatic N) is 10. The van der Waals surface area contributed by atoms with Gasteiger partial charge in [-0.25, -0.2) is 23.3 Å². The average Bonchev–Trinajstić information content (AvgIpc) is 4.03. The van der Waals surface area contributed by atoms with Gasteiger partial charge < -0.3 is 48.2 Å². The standard InChI is InChI=1S/C59H73FN10O10/c1-33(2)52(55(72)68-29-39(71)24-47(68)56(73)75-8)69-30-45(64-65-69)37-16-14-35(15-17-37)31-78-53-50(49-34(3)44(60)26-46-43(49)27-61-70(46)48-13-9-10-22-77-48)41(36-18-19-36)25-42-51(53)62-57(79-32-40-12-11-23-76-40)63-54(42)66(7)38-20-21-67(28-38)58(74)80-59(4,5)6/h14-17,25-27,30,33,36,38-40,47-48,52,71H,9-13,18-24,28-29,31-32H2,1-8H3/t38-,39+,40-,47-,48?,52-/m0/s1. The molecule has 1 N–H and O–H groups in total. The van der Waals surface area contributed by atoms with Gasteiger partial charge in [0, 0.05) is 85.9 Å². The molecule has 6 atom stereocenters. The zero-order chi connectivity index (χ0) is 56.1. The van der Waals surface area contributed by atoms with Crippen molar-refractivity contribution in [2.24, 2.45) is 5.92 Å². The van der Waals surface area contributed by atoms with Crippen LogP contribution in [0.1, 0.15) is 127 Å². The number of hydrogen-bond donors (Lipinski definition) is 1. The number of anilines is 1. The van der Waals surface area contributed by atoms with E-state index >= 15 is 4.39 Å². The molecule has 0 spiro atoms. The van der Waals surface area contributed by atoms with Crippen LogP contribution in [-0.2, 0) is 35.1 Å². The van der Waals surface area contributed by atoms with Crippen molar-refractivity contribution in [3.63, 3.8) is 0 Å². The number of hydrogen-bond acceptors (Lipinski definition) is 16. The van der Waals surface area contributed by atoms with Crippen LogP contribution in [0.2, 0.25) is 0 Å². The van der Waals surface area contributed by atoms with Crippen LogP contribution >= 0.6 is 0 Å². The fourth-order valence-corrected chi connectivity index (χ4v) is 11.8. The Morgan fingerprint density at radius 3 is 2.42 bits per heavy atom. The first-order chi connectivity index (χ1) is 38.4. The van der Waals surface area contributed by atoms with Gasteiger partial charge in [0.05, 0.1) is 37.2 Å². The summed E-state index contributed by atoms with van der Waals surface area (Å²) < 4.78 is 56.9. The smallest absolute Gasteiger partial charge is 0.410 e. The number of amides is 2. The van der Waals surface area contributed by atoms with Crippen LogP contribution in [0.3, 0.4) is 0 Å². The summed E-state index contributed by atoms with van der Waals surface area (Å²) in [6, 6.07) is 9.74. The van der Waals surface area contributed by atoms with E-state index < -0.39 is 29.8 Å². The number of likely N-dealkylation sites (N-methyl/N-ethyl adjacent to an activating group) is 1. The van der Waals surface area contributed by atoms with Crippen molar-refractivity contribution in [2.45, 2.75) is 154 Å². The number of rotatable bonds is 16. The molecule has 4 saturated heterocycles. The van der Waals surface area contributed by atoms with Crippen molar-refractivity contribution in [1.82, 2.24) is 44.5 Å². The molecule has 0 radical (unpaired) electrons. The van der Waals surface area contributed by atoms with Gasteiger partial charge in [0.25, 0.3) is 0 Å². The first-order valence-corrected chi connectivity index (χ1v) is 28.3. The molecule has 4 aliphatic heterocycles. The Kier molecular flexibility index (Phi) is 15.5. The normalized spacial score (nSPS) is 21.9. The van der Waals surface area contributed by atoms with E-state index in [-0.39, 0.29) is 80.2 Å². The highest BCUT2D eigenvalue weighted by Gasteiger charge is 2.44. The number of likely N-dealkylation sites (tertiary alicyclic amines) is 2. The molecule has 5 fully saturated rings. The number of benzene rings is 3. The molecular formula is C59H73FN10O10. The van der Waals surface area contributed by atoms with Crippen molar-refractivity contribution in [3.8, 4) is 34.1 Å². The molecule has 2 amide bonds. The molecule has 21 heteroatoms. The molecule has 1 aliphatic carbocycles. The predicted octanol–water partition coefficient (Wildman–Crippen LogP) is 8.84. The third-order valence-electron chi connectivity index (χ3n) is 16.2. The van der Waals surface area contributed by atoms with Gasteiger partial charge in [-0.1, -0.05) is 43.3 Å². The molecule has 3 aromatic carbocycles. The van der Waals surface area contributed by atoms with E-state index in [1.807, 2.05) is 76.8 Å². The molecule has 6 aromatic rings. The third-order valence-corrected chi connectivity index (χ3v) is 16.2. The number of fused-ring (bicyclic) bond motifs is 2. The van der Waals surface area contributed by atoms with Gasteiger partial charge in [-0.3, -0.25) is 4.79 Å². The van der Waals surface area contributed by atoms with Crippen molar-refractivity contribution in [2.75, 3.05) is 58.5 Å². The van der Waals surface area contributed by atoms with Crippen molar-refractivity contribution >= 4 is 45.6 Å². The summed E-state index contributed by atoms with van der Waals surface area (Å²) in [5.74, 6) is -0.373. The lowest BCUT2D eigenvalue weighted by atomic mass is 9.88. The predicted molar refractivity (Wildman–Crippen MR) is 295 cm³/mol. The minimum absolute atomic E-state index is 0.00841. The van der Waals surface area contributed by atoms with Crippen LogP contribution in [0, 0.1) is 18.7 Å². The largest absolute Gasteiger partial charge is 0.486 e. The minimum atomic E-state index is -0.899. The van der Waals surface area contributed by atoms with E-state index in [4.69, 9.17) is 43.5 Å². The van der Waals surface area contributed by atoms with E-state index in [1.165, 1.54) is 16.7 Å². The topological polar surface area (TPSA) is 211 Å².